The second-order valence-corrected chi connectivity index (χ2v) is 7.28. The van der Waals surface area contributed by atoms with Crippen molar-refractivity contribution in [2.24, 2.45) is 4.99 Å². The van der Waals surface area contributed by atoms with E-state index in [0.29, 0.717) is 12.5 Å². The SMILES string of the molecule is CCNC(=NCC(=O)N1CCCC1)NCC(c1ccc(C)o1)N1CCOCC1.I. The first kappa shape index (κ1) is 23.9. The third-order valence-electron chi connectivity index (χ3n) is 5.21. The highest BCUT2D eigenvalue weighted by Gasteiger charge is 2.25. The highest BCUT2D eigenvalue weighted by atomic mass is 127. The lowest BCUT2D eigenvalue weighted by atomic mass is 10.1. The Morgan fingerprint density at radius 1 is 1.17 bits per heavy atom. The molecule has 3 rings (SSSR count). The van der Waals surface area contributed by atoms with Gasteiger partial charge in [-0.2, -0.15) is 0 Å². The molecule has 9 heteroatoms. The molecule has 29 heavy (non-hydrogen) atoms. The molecular weight excluding hydrogens is 485 g/mol. The fourth-order valence-electron chi connectivity index (χ4n) is 3.68. The Morgan fingerprint density at radius 2 is 1.90 bits per heavy atom. The number of halogens is 1. The van der Waals surface area contributed by atoms with Gasteiger partial charge in [0.2, 0.25) is 5.91 Å². The zero-order valence-electron chi connectivity index (χ0n) is 17.5. The summed E-state index contributed by atoms with van der Waals surface area (Å²) in [6.45, 7) is 10.5. The van der Waals surface area contributed by atoms with Gasteiger partial charge in [0.15, 0.2) is 5.96 Å². The lowest BCUT2D eigenvalue weighted by molar-refractivity contribution is -0.128. The molecule has 1 atom stereocenters. The average Bonchev–Trinajstić information content (AvgIpc) is 3.39. The summed E-state index contributed by atoms with van der Waals surface area (Å²) in [5.74, 6) is 2.61. The first-order chi connectivity index (χ1) is 13.7. The van der Waals surface area contributed by atoms with E-state index in [4.69, 9.17) is 9.15 Å². The molecule has 2 saturated heterocycles. The molecule has 1 amide bonds. The number of rotatable bonds is 7. The van der Waals surface area contributed by atoms with Crippen LogP contribution in [0.4, 0.5) is 0 Å². The van der Waals surface area contributed by atoms with E-state index >= 15 is 0 Å². The Hall–Kier alpha value is -1.33. The summed E-state index contributed by atoms with van der Waals surface area (Å²) in [6.07, 6.45) is 2.19. The van der Waals surface area contributed by atoms with Crippen molar-refractivity contribution in [3.05, 3.63) is 23.7 Å². The van der Waals surface area contributed by atoms with E-state index in [-0.39, 0.29) is 42.5 Å². The van der Waals surface area contributed by atoms with E-state index in [9.17, 15) is 4.79 Å². The summed E-state index contributed by atoms with van der Waals surface area (Å²) in [6, 6.07) is 4.13. The van der Waals surface area contributed by atoms with E-state index < -0.39 is 0 Å². The lowest BCUT2D eigenvalue weighted by Gasteiger charge is -2.33. The summed E-state index contributed by atoms with van der Waals surface area (Å²) in [4.78, 5) is 21.1. The van der Waals surface area contributed by atoms with Crippen LogP contribution < -0.4 is 10.6 Å². The number of likely N-dealkylation sites (tertiary alicyclic amines) is 1. The monoisotopic (exact) mass is 519 g/mol. The van der Waals surface area contributed by atoms with Gasteiger partial charge in [0.25, 0.3) is 0 Å². The van der Waals surface area contributed by atoms with Crippen molar-refractivity contribution < 1.29 is 13.9 Å². The van der Waals surface area contributed by atoms with Gasteiger partial charge >= 0.3 is 0 Å². The van der Waals surface area contributed by atoms with Gasteiger partial charge in [-0.25, -0.2) is 4.99 Å². The first-order valence-corrected chi connectivity index (χ1v) is 10.4. The van der Waals surface area contributed by atoms with Gasteiger partial charge in [0.1, 0.15) is 18.1 Å². The molecule has 0 radical (unpaired) electrons. The lowest BCUT2D eigenvalue weighted by Crippen LogP contribution is -2.46. The minimum absolute atomic E-state index is 0. The Balaban J connectivity index is 0.00000300. The van der Waals surface area contributed by atoms with Crippen molar-refractivity contribution in [2.45, 2.75) is 32.7 Å². The van der Waals surface area contributed by atoms with Crippen LogP contribution in [0.25, 0.3) is 0 Å². The third-order valence-corrected chi connectivity index (χ3v) is 5.21. The van der Waals surface area contributed by atoms with Gasteiger partial charge in [0.05, 0.1) is 19.3 Å². The maximum absolute atomic E-state index is 12.3. The van der Waals surface area contributed by atoms with Crippen LogP contribution in [0.15, 0.2) is 21.5 Å². The van der Waals surface area contributed by atoms with Gasteiger partial charge in [-0.1, -0.05) is 0 Å². The summed E-state index contributed by atoms with van der Waals surface area (Å²) >= 11 is 0. The van der Waals surface area contributed by atoms with Crippen LogP contribution in [0.2, 0.25) is 0 Å². The minimum atomic E-state index is 0. The number of carbonyl (C=O) groups excluding carboxylic acids is 1. The van der Waals surface area contributed by atoms with Crippen LogP contribution in [0.1, 0.15) is 37.3 Å². The number of aliphatic imine (C=N–C) groups is 1. The molecule has 1 aromatic rings. The topological polar surface area (TPSA) is 82.3 Å². The van der Waals surface area contributed by atoms with Gasteiger partial charge < -0.3 is 24.7 Å². The van der Waals surface area contributed by atoms with Crippen molar-refractivity contribution in [3.8, 4) is 0 Å². The molecule has 2 fully saturated rings. The van der Waals surface area contributed by atoms with E-state index in [1.54, 1.807) is 0 Å². The average molecular weight is 519 g/mol. The summed E-state index contributed by atoms with van der Waals surface area (Å²) < 4.78 is 11.4. The van der Waals surface area contributed by atoms with Crippen LogP contribution in [0.5, 0.6) is 0 Å². The molecule has 0 bridgehead atoms. The van der Waals surface area contributed by atoms with Crippen LogP contribution in [0.3, 0.4) is 0 Å². The van der Waals surface area contributed by atoms with Gasteiger partial charge in [-0.05, 0) is 38.8 Å². The number of carbonyl (C=O) groups is 1. The maximum Gasteiger partial charge on any atom is 0.244 e. The number of hydrogen-bond donors (Lipinski definition) is 2. The second kappa shape index (κ2) is 12.4. The zero-order valence-corrected chi connectivity index (χ0v) is 19.8. The number of nitrogens with zero attached hydrogens (tertiary/aromatic N) is 3. The maximum atomic E-state index is 12.3. The largest absolute Gasteiger partial charge is 0.465 e. The van der Waals surface area contributed by atoms with Gasteiger partial charge in [-0.15, -0.1) is 24.0 Å². The predicted octanol–water partition coefficient (Wildman–Crippen LogP) is 1.76. The first-order valence-electron chi connectivity index (χ1n) is 10.4. The van der Waals surface area contributed by atoms with Gasteiger partial charge in [-0.3, -0.25) is 9.69 Å². The molecule has 0 spiro atoms. The van der Waals surface area contributed by atoms with E-state index in [2.05, 4.69) is 20.5 Å². The molecule has 0 aromatic carbocycles. The molecule has 164 valence electrons. The highest BCUT2D eigenvalue weighted by molar-refractivity contribution is 14.0. The fourth-order valence-corrected chi connectivity index (χ4v) is 3.68. The molecule has 1 aromatic heterocycles. The Morgan fingerprint density at radius 3 is 2.52 bits per heavy atom. The van der Waals surface area contributed by atoms with Crippen molar-refractivity contribution in [1.29, 1.82) is 0 Å². The molecule has 2 aliphatic heterocycles. The molecule has 0 aliphatic carbocycles. The number of furan rings is 1. The normalized spacial score (nSPS) is 19.0. The van der Waals surface area contributed by atoms with Crippen molar-refractivity contribution in [3.63, 3.8) is 0 Å². The molecule has 8 nitrogen and oxygen atoms in total. The van der Waals surface area contributed by atoms with Crippen molar-refractivity contribution in [2.75, 3.05) is 59.0 Å². The predicted molar refractivity (Wildman–Crippen MR) is 124 cm³/mol. The molecule has 3 heterocycles. The van der Waals surface area contributed by atoms with Crippen molar-refractivity contribution >= 4 is 35.8 Å². The van der Waals surface area contributed by atoms with Crippen LogP contribution in [-0.4, -0.2) is 80.7 Å². The van der Waals surface area contributed by atoms with E-state index in [1.807, 2.05) is 30.9 Å². The van der Waals surface area contributed by atoms with Gasteiger partial charge in [0, 0.05) is 39.3 Å². The molecule has 2 aliphatic rings. The van der Waals surface area contributed by atoms with Crippen molar-refractivity contribution in [1.82, 2.24) is 20.4 Å². The second-order valence-electron chi connectivity index (χ2n) is 7.28. The number of amides is 1. The number of guanidine groups is 1. The highest BCUT2D eigenvalue weighted by Crippen LogP contribution is 2.23. The quantitative estimate of drug-likeness (QED) is 0.325. The molecular formula is C20H34IN5O3. The number of ether oxygens (including phenoxy) is 1. The minimum Gasteiger partial charge on any atom is -0.465 e. The Labute approximate surface area is 190 Å². The Kier molecular flexibility index (Phi) is 10.2. The number of hydrogen-bond acceptors (Lipinski definition) is 5. The summed E-state index contributed by atoms with van der Waals surface area (Å²) in [5, 5.41) is 6.64. The standard InChI is InChI=1S/C20H33N5O3.HI/c1-3-21-20(23-15-19(26)25-8-4-5-9-25)22-14-17(18-7-6-16(2)28-18)24-10-12-27-13-11-24;/h6-7,17H,3-5,8-15H2,1-2H3,(H2,21,22,23);1H. The third kappa shape index (κ3) is 7.14. The zero-order chi connectivity index (χ0) is 19.8. The van der Waals surface area contributed by atoms with Crippen LogP contribution in [-0.2, 0) is 9.53 Å². The van der Waals surface area contributed by atoms with Crippen LogP contribution >= 0.6 is 24.0 Å². The molecule has 0 saturated carbocycles. The summed E-state index contributed by atoms with van der Waals surface area (Å²) in [5.41, 5.74) is 0. The molecule has 1 unspecified atom stereocenters. The molecule has 2 N–H and O–H groups in total. The summed E-state index contributed by atoms with van der Waals surface area (Å²) in [7, 11) is 0. The van der Waals surface area contributed by atoms with E-state index in [1.165, 1.54) is 0 Å². The number of nitrogens with one attached hydrogen (secondary N) is 2. The smallest absolute Gasteiger partial charge is 0.244 e. The number of aryl methyl sites for hydroxylation is 1. The van der Waals surface area contributed by atoms with Crippen LogP contribution in [0, 0.1) is 6.92 Å². The number of morpholine rings is 1. The van der Waals surface area contributed by atoms with E-state index in [0.717, 1.165) is 70.3 Å². The fraction of sp³-hybridized carbons (Fsp3) is 0.700. The Bertz CT molecular complexity index is 654.